The zero-order chi connectivity index (χ0) is 12.0. The second-order valence-corrected chi connectivity index (χ2v) is 4.16. The first-order valence-corrected chi connectivity index (χ1v) is 5.80. The average Bonchev–Trinajstić information content (AvgIpc) is 2.71. The summed E-state index contributed by atoms with van der Waals surface area (Å²) in [5.74, 6) is -0.199. The first-order chi connectivity index (χ1) is 7.65. The normalized spacial score (nSPS) is 19.9. The number of rotatable bonds is 5. The average molecular weight is 228 g/mol. The molecule has 1 aliphatic rings. The van der Waals surface area contributed by atoms with Crippen LogP contribution in [-0.4, -0.2) is 47.6 Å². The summed E-state index contributed by atoms with van der Waals surface area (Å²) in [5.41, 5.74) is 0. The molecular weight excluding hydrogens is 208 g/mol. The molecule has 0 aliphatic carbocycles. The molecule has 0 radical (unpaired) electrons. The highest BCUT2D eigenvalue weighted by atomic mass is 16.3. The number of hydrogen-bond acceptors (Lipinski definition) is 3. The molecule has 1 heterocycles. The SMILES string of the molecule is CC(=O)NCC(=O)N1CCCC1CCCO. The van der Waals surface area contributed by atoms with Crippen molar-refractivity contribution < 1.29 is 14.7 Å². The smallest absolute Gasteiger partial charge is 0.242 e. The fourth-order valence-corrected chi connectivity index (χ4v) is 2.09. The first-order valence-electron chi connectivity index (χ1n) is 5.80. The van der Waals surface area contributed by atoms with Crippen molar-refractivity contribution in [3.05, 3.63) is 0 Å². The van der Waals surface area contributed by atoms with Crippen LogP contribution in [0.4, 0.5) is 0 Å². The second-order valence-electron chi connectivity index (χ2n) is 4.16. The molecule has 1 saturated heterocycles. The van der Waals surface area contributed by atoms with E-state index >= 15 is 0 Å². The van der Waals surface area contributed by atoms with Crippen molar-refractivity contribution in [2.45, 2.75) is 38.6 Å². The van der Waals surface area contributed by atoms with E-state index in [-0.39, 0.29) is 31.0 Å². The van der Waals surface area contributed by atoms with Gasteiger partial charge < -0.3 is 15.3 Å². The summed E-state index contributed by atoms with van der Waals surface area (Å²) >= 11 is 0. The third-order valence-corrected chi connectivity index (χ3v) is 2.88. The molecular formula is C11H20N2O3. The zero-order valence-corrected chi connectivity index (χ0v) is 9.74. The van der Waals surface area contributed by atoms with Crippen LogP contribution in [0.15, 0.2) is 0 Å². The summed E-state index contributed by atoms with van der Waals surface area (Å²) < 4.78 is 0. The topological polar surface area (TPSA) is 69.6 Å². The lowest BCUT2D eigenvalue weighted by atomic mass is 10.1. The van der Waals surface area contributed by atoms with Gasteiger partial charge in [0.05, 0.1) is 6.54 Å². The van der Waals surface area contributed by atoms with E-state index in [1.807, 2.05) is 4.90 Å². The number of hydrogen-bond donors (Lipinski definition) is 2. The van der Waals surface area contributed by atoms with Crippen molar-refractivity contribution in [3.8, 4) is 0 Å². The Balaban J connectivity index is 2.37. The molecule has 1 rings (SSSR count). The quantitative estimate of drug-likeness (QED) is 0.689. The molecule has 2 amide bonds. The van der Waals surface area contributed by atoms with E-state index in [4.69, 9.17) is 5.11 Å². The predicted molar refractivity (Wildman–Crippen MR) is 59.7 cm³/mol. The van der Waals surface area contributed by atoms with Crippen LogP contribution in [0.25, 0.3) is 0 Å². The Bertz CT molecular complexity index is 256. The van der Waals surface area contributed by atoms with Crippen LogP contribution in [0.1, 0.15) is 32.6 Å². The molecule has 0 saturated carbocycles. The van der Waals surface area contributed by atoms with Gasteiger partial charge in [0, 0.05) is 26.1 Å². The van der Waals surface area contributed by atoms with Gasteiger partial charge in [-0.3, -0.25) is 9.59 Å². The maximum absolute atomic E-state index is 11.8. The van der Waals surface area contributed by atoms with Gasteiger partial charge in [0.2, 0.25) is 11.8 Å². The van der Waals surface area contributed by atoms with E-state index < -0.39 is 0 Å². The van der Waals surface area contributed by atoms with Crippen molar-refractivity contribution in [2.24, 2.45) is 0 Å². The third-order valence-electron chi connectivity index (χ3n) is 2.88. The molecule has 5 nitrogen and oxygen atoms in total. The Morgan fingerprint density at radius 2 is 2.25 bits per heavy atom. The minimum atomic E-state index is -0.181. The number of aliphatic hydroxyl groups excluding tert-OH is 1. The lowest BCUT2D eigenvalue weighted by molar-refractivity contribution is -0.133. The van der Waals surface area contributed by atoms with Crippen LogP contribution >= 0.6 is 0 Å². The number of amides is 2. The maximum atomic E-state index is 11.8. The van der Waals surface area contributed by atoms with Gasteiger partial charge in [-0.15, -0.1) is 0 Å². The highest BCUT2D eigenvalue weighted by molar-refractivity contribution is 5.84. The molecule has 0 bridgehead atoms. The Hall–Kier alpha value is -1.10. The molecule has 2 N–H and O–H groups in total. The summed E-state index contributed by atoms with van der Waals surface area (Å²) in [6.45, 7) is 2.43. The summed E-state index contributed by atoms with van der Waals surface area (Å²) in [7, 11) is 0. The highest BCUT2D eigenvalue weighted by Crippen LogP contribution is 2.20. The van der Waals surface area contributed by atoms with Crippen molar-refractivity contribution in [3.63, 3.8) is 0 Å². The van der Waals surface area contributed by atoms with Gasteiger partial charge >= 0.3 is 0 Å². The molecule has 0 aromatic rings. The minimum absolute atomic E-state index is 0.0179. The molecule has 5 heteroatoms. The number of nitrogens with one attached hydrogen (secondary N) is 1. The van der Waals surface area contributed by atoms with Crippen LogP contribution < -0.4 is 5.32 Å². The number of nitrogens with zero attached hydrogens (tertiary/aromatic N) is 1. The van der Waals surface area contributed by atoms with Crippen LogP contribution in [0, 0.1) is 0 Å². The Morgan fingerprint density at radius 1 is 1.50 bits per heavy atom. The van der Waals surface area contributed by atoms with Crippen LogP contribution in [0.2, 0.25) is 0 Å². The summed E-state index contributed by atoms with van der Waals surface area (Å²) in [5, 5.41) is 11.3. The van der Waals surface area contributed by atoms with Gasteiger partial charge in [-0.05, 0) is 25.7 Å². The number of carbonyl (C=O) groups excluding carboxylic acids is 2. The molecule has 1 fully saturated rings. The standard InChI is InChI=1S/C11H20N2O3/c1-9(15)12-8-11(16)13-6-2-4-10(13)5-3-7-14/h10,14H,2-8H2,1H3,(H,12,15). The number of carbonyl (C=O) groups is 2. The molecule has 1 aliphatic heterocycles. The van der Waals surface area contributed by atoms with Crippen molar-refractivity contribution >= 4 is 11.8 Å². The maximum Gasteiger partial charge on any atom is 0.242 e. The highest BCUT2D eigenvalue weighted by Gasteiger charge is 2.27. The fraction of sp³-hybridized carbons (Fsp3) is 0.818. The second kappa shape index (κ2) is 6.48. The van der Waals surface area contributed by atoms with Gasteiger partial charge in [0.25, 0.3) is 0 Å². The van der Waals surface area contributed by atoms with E-state index in [1.165, 1.54) is 6.92 Å². The Labute approximate surface area is 95.8 Å². The lowest BCUT2D eigenvalue weighted by Crippen LogP contribution is -2.42. The Morgan fingerprint density at radius 3 is 2.88 bits per heavy atom. The Kier molecular flexibility index (Phi) is 5.25. The van der Waals surface area contributed by atoms with Gasteiger partial charge in [-0.1, -0.05) is 0 Å². The van der Waals surface area contributed by atoms with Crippen LogP contribution in [-0.2, 0) is 9.59 Å². The van der Waals surface area contributed by atoms with Gasteiger partial charge in [-0.25, -0.2) is 0 Å². The molecule has 92 valence electrons. The van der Waals surface area contributed by atoms with Crippen LogP contribution in [0.3, 0.4) is 0 Å². The lowest BCUT2D eigenvalue weighted by Gasteiger charge is -2.24. The van der Waals surface area contributed by atoms with E-state index in [0.717, 1.165) is 32.2 Å². The molecule has 1 atom stereocenters. The van der Waals surface area contributed by atoms with Gasteiger partial charge in [0.15, 0.2) is 0 Å². The summed E-state index contributed by atoms with van der Waals surface area (Å²) in [4.78, 5) is 24.3. The number of aliphatic hydroxyl groups is 1. The molecule has 0 aromatic carbocycles. The van der Waals surface area contributed by atoms with Gasteiger partial charge in [-0.2, -0.15) is 0 Å². The zero-order valence-electron chi connectivity index (χ0n) is 9.74. The third kappa shape index (κ3) is 3.81. The monoisotopic (exact) mass is 228 g/mol. The van der Waals surface area contributed by atoms with Crippen LogP contribution in [0.5, 0.6) is 0 Å². The van der Waals surface area contributed by atoms with Crippen molar-refractivity contribution in [2.75, 3.05) is 19.7 Å². The fourth-order valence-electron chi connectivity index (χ4n) is 2.09. The molecule has 1 unspecified atom stereocenters. The molecule has 0 spiro atoms. The summed E-state index contributed by atoms with van der Waals surface area (Å²) in [6.07, 6.45) is 3.60. The van der Waals surface area contributed by atoms with E-state index in [2.05, 4.69) is 5.32 Å². The number of likely N-dealkylation sites (tertiary alicyclic amines) is 1. The van der Waals surface area contributed by atoms with E-state index in [9.17, 15) is 9.59 Å². The summed E-state index contributed by atoms with van der Waals surface area (Å²) in [6, 6.07) is 0.244. The van der Waals surface area contributed by atoms with E-state index in [1.54, 1.807) is 0 Å². The minimum Gasteiger partial charge on any atom is -0.396 e. The van der Waals surface area contributed by atoms with Crippen molar-refractivity contribution in [1.29, 1.82) is 0 Å². The predicted octanol–water partition coefficient (Wildman–Crippen LogP) is -0.114. The van der Waals surface area contributed by atoms with Crippen molar-refractivity contribution in [1.82, 2.24) is 10.2 Å². The largest absolute Gasteiger partial charge is 0.396 e. The molecule has 16 heavy (non-hydrogen) atoms. The first kappa shape index (κ1) is 13.0. The van der Waals surface area contributed by atoms with Gasteiger partial charge in [0.1, 0.15) is 0 Å². The van der Waals surface area contributed by atoms with E-state index in [0.29, 0.717) is 0 Å². The molecule has 0 aromatic heterocycles.